The Morgan fingerprint density at radius 2 is 2.20 bits per heavy atom. The minimum atomic E-state index is -1.29. The maximum atomic E-state index is 13.6. The lowest BCUT2D eigenvalue weighted by Crippen LogP contribution is -2.33. The van der Waals surface area contributed by atoms with Crippen LogP contribution in [0.3, 0.4) is 0 Å². The number of ether oxygens (including phenoxy) is 1. The summed E-state index contributed by atoms with van der Waals surface area (Å²) < 4.78 is 20.2. The molecule has 1 aliphatic heterocycles. The summed E-state index contributed by atoms with van der Waals surface area (Å²) in [6.07, 6.45) is -1.99. The molecule has 0 spiro atoms. The van der Waals surface area contributed by atoms with E-state index in [2.05, 4.69) is 9.97 Å². The number of hydrogen-bond donors (Lipinski definition) is 4. The predicted octanol–water partition coefficient (Wildman–Crippen LogP) is -0.156. The highest BCUT2D eigenvalue weighted by Crippen LogP contribution is 2.30. The molecule has 4 atom stereocenters. The average Bonchev–Trinajstić information content (AvgIpc) is 2.92. The Balaban J connectivity index is 2.08. The van der Waals surface area contributed by atoms with Crippen LogP contribution in [0.15, 0.2) is 12.4 Å². The van der Waals surface area contributed by atoms with Crippen LogP contribution < -0.4 is 0 Å². The van der Waals surface area contributed by atoms with Crippen LogP contribution in [-0.4, -0.2) is 54.8 Å². The Bertz CT molecular complexity index is 703. The first kappa shape index (κ1) is 13.6. The highest BCUT2D eigenvalue weighted by atomic mass is 32.1. The van der Waals surface area contributed by atoms with Crippen molar-refractivity contribution in [2.24, 2.45) is 0 Å². The van der Waals surface area contributed by atoms with E-state index < -0.39 is 37.0 Å². The number of fused-ring (bicyclic) bond motifs is 1. The summed E-state index contributed by atoms with van der Waals surface area (Å²) in [5.74, 6) is -0.511. The number of H-pyrrole nitrogens is 1. The fraction of sp³-hybridized carbons (Fsp3) is 0.455. The van der Waals surface area contributed by atoms with Gasteiger partial charge in [-0.05, 0) is 12.2 Å². The molecule has 0 radical (unpaired) electrons. The highest BCUT2D eigenvalue weighted by Gasteiger charge is 2.43. The monoisotopic (exact) mass is 301 g/mol. The average molecular weight is 301 g/mol. The third-order valence-corrected chi connectivity index (χ3v) is 3.64. The molecule has 3 heterocycles. The molecule has 0 bridgehead atoms. The first-order chi connectivity index (χ1) is 9.52. The number of nitrogens with one attached hydrogen (secondary N) is 1. The first-order valence-electron chi connectivity index (χ1n) is 5.91. The van der Waals surface area contributed by atoms with Gasteiger partial charge in [-0.2, -0.15) is 0 Å². The zero-order chi connectivity index (χ0) is 14.4. The molecule has 7 nitrogen and oxygen atoms in total. The predicted molar refractivity (Wildman–Crippen MR) is 67.9 cm³/mol. The van der Waals surface area contributed by atoms with Crippen LogP contribution in [0.5, 0.6) is 0 Å². The van der Waals surface area contributed by atoms with E-state index in [1.165, 1.54) is 10.8 Å². The summed E-state index contributed by atoms with van der Waals surface area (Å²) in [6.45, 7) is -0.448. The van der Waals surface area contributed by atoms with Crippen molar-refractivity contribution < 1.29 is 24.4 Å². The third-order valence-electron chi connectivity index (χ3n) is 3.34. The van der Waals surface area contributed by atoms with Gasteiger partial charge in [0.05, 0.1) is 12.0 Å². The highest BCUT2D eigenvalue weighted by molar-refractivity contribution is 7.71. The zero-order valence-electron chi connectivity index (χ0n) is 10.1. The Labute approximate surface area is 117 Å². The lowest BCUT2D eigenvalue weighted by molar-refractivity contribution is -0.0538. The molecule has 4 N–H and O–H groups in total. The molecule has 1 saturated heterocycles. The Morgan fingerprint density at radius 3 is 2.85 bits per heavy atom. The Hall–Kier alpha value is -1.39. The van der Waals surface area contributed by atoms with E-state index in [4.69, 9.17) is 22.1 Å². The maximum absolute atomic E-state index is 13.6. The molecule has 1 aliphatic rings. The molecule has 108 valence electrons. The molecule has 0 saturated carbocycles. The first-order valence-corrected chi connectivity index (χ1v) is 6.32. The molecular weight excluding hydrogens is 289 g/mol. The SMILES string of the molecule is OC[C@H]1O[C@@H](n2cc3c(F)c[nH]c3nc2=S)[C@@H](O)C1O. The largest absolute Gasteiger partial charge is 0.394 e. The van der Waals surface area contributed by atoms with Gasteiger partial charge in [0.1, 0.15) is 24.0 Å². The fourth-order valence-electron chi connectivity index (χ4n) is 2.26. The van der Waals surface area contributed by atoms with Crippen LogP contribution in [0.2, 0.25) is 0 Å². The molecule has 0 aromatic carbocycles. The van der Waals surface area contributed by atoms with Crippen LogP contribution >= 0.6 is 12.2 Å². The van der Waals surface area contributed by atoms with Gasteiger partial charge in [0.25, 0.3) is 0 Å². The van der Waals surface area contributed by atoms with Gasteiger partial charge in [0, 0.05) is 12.4 Å². The number of halogens is 1. The Morgan fingerprint density at radius 1 is 1.45 bits per heavy atom. The molecule has 9 heteroatoms. The van der Waals surface area contributed by atoms with Crippen molar-refractivity contribution in [1.29, 1.82) is 0 Å². The van der Waals surface area contributed by atoms with Gasteiger partial charge in [0.15, 0.2) is 12.0 Å². The van der Waals surface area contributed by atoms with E-state index >= 15 is 0 Å². The van der Waals surface area contributed by atoms with Crippen molar-refractivity contribution in [1.82, 2.24) is 14.5 Å². The second-order valence-corrected chi connectivity index (χ2v) is 4.92. The molecular formula is C11H12FN3O4S. The third kappa shape index (κ3) is 1.95. The van der Waals surface area contributed by atoms with Gasteiger partial charge in [-0.15, -0.1) is 0 Å². The molecule has 0 aliphatic carbocycles. The van der Waals surface area contributed by atoms with Crippen LogP contribution in [-0.2, 0) is 4.74 Å². The van der Waals surface area contributed by atoms with Crippen LogP contribution in [0.25, 0.3) is 11.0 Å². The molecule has 0 amide bonds. The van der Waals surface area contributed by atoms with E-state index in [1.54, 1.807) is 0 Å². The van der Waals surface area contributed by atoms with E-state index in [-0.39, 0.29) is 15.8 Å². The van der Waals surface area contributed by atoms with Gasteiger partial charge in [0.2, 0.25) is 4.77 Å². The second-order valence-electron chi connectivity index (χ2n) is 4.56. The number of aliphatic hydroxyl groups excluding tert-OH is 3. The van der Waals surface area contributed by atoms with E-state index in [0.29, 0.717) is 0 Å². The summed E-state index contributed by atoms with van der Waals surface area (Å²) >= 11 is 5.07. The summed E-state index contributed by atoms with van der Waals surface area (Å²) in [4.78, 5) is 6.63. The van der Waals surface area contributed by atoms with Crippen molar-refractivity contribution in [2.45, 2.75) is 24.5 Å². The molecule has 1 unspecified atom stereocenters. The normalized spacial score (nSPS) is 30.2. The molecule has 1 fully saturated rings. The minimum Gasteiger partial charge on any atom is -0.394 e. The standard InChI is InChI=1S/C11H12FN3O4S/c12-5-1-13-9-4(5)2-15(11(20)14-9)10-8(18)7(17)6(3-16)19-10/h1-2,6-8,10,16-18H,3H2,(H,13,14,20)/t6-,7?,8+,10-/m1/s1. The lowest BCUT2D eigenvalue weighted by Gasteiger charge is -2.18. The van der Waals surface area contributed by atoms with Crippen molar-refractivity contribution in [2.75, 3.05) is 6.61 Å². The summed E-state index contributed by atoms with van der Waals surface area (Å²) in [7, 11) is 0. The number of nitrogens with zero attached hydrogens (tertiary/aromatic N) is 2. The maximum Gasteiger partial charge on any atom is 0.203 e. The van der Waals surface area contributed by atoms with Crippen LogP contribution in [0, 0.1) is 10.6 Å². The van der Waals surface area contributed by atoms with Gasteiger partial charge in [-0.1, -0.05) is 0 Å². The Kier molecular flexibility index (Phi) is 3.30. The molecule has 2 aromatic heterocycles. The van der Waals surface area contributed by atoms with Gasteiger partial charge < -0.3 is 25.0 Å². The molecule has 2 aromatic rings. The van der Waals surface area contributed by atoms with Crippen molar-refractivity contribution in [3.05, 3.63) is 23.0 Å². The van der Waals surface area contributed by atoms with Gasteiger partial charge in [-0.3, -0.25) is 4.57 Å². The second kappa shape index (κ2) is 4.86. The number of rotatable bonds is 2. The quantitative estimate of drug-likeness (QED) is 0.575. The van der Waals surface area contributed by atoms with Crippen LogP contribution in [0.4, 0.5) is 4.39 Å². The summed E-state index contributed by atoms with van der Waals surface area (Å²) in [5.41, 5.74) is 0.287. The number of aliphatic hydroxyl groups is 3. The summed E-state index contributed by atoms with van der Waals surface area (Å²) in [6, 6.07) is 0. The van der Waals surface area contributed by atoms with E-state index in [9.17, 15) is 14.6 Å². The lowest BCUT2D eigenvalue weighted by atomic mass is 10.1. The van der Waals surface area contributed by atoms with E-state index in [1.807, 2.05) is 0 Å². The van der Waals surface area contributed by atoms with Crippen molar-refractivity contribution in [3.63, 3.8) is 0 Å². The number of hydrogen-bond acceptors (Lipinski definition) is 6. The van der Waals surface area contributed by atoms with Crippen molar-refractivity contribution in [3.8, 4) is 0 Å². The van der Waals surface area contributed by atoms with Gasteiger partial charge >= 0.3 is 0 Å². The van der Waals surface area contributed by atoms with E-state index in [0.717, 1.165) is 6.20 Å². The smallest absolute Gasteiger partial charge is 0.203 e. The summed E-state index contributed by atoms with van der Waals surface area (Å²) in [5, 5.41) is 28.9. The van der Waals surface area contributed by atoms with Crippen molar-refractivity contribution >= 4 is 23.3 Å². The zero-order valence-corrected chi connectivity index (χ0v) is 10.9. The minimum absolute atomic E-state index is 0.0641. The molecule has 20 heavy (non-hydrogen) atoms. The van der Waals surface area contributed by atoms with Gasteiger partial charge in [-0.25, -0.2) is 9.37 Å². The van der Waals surface area contributed by atoms with Crippen LogP contribution in [0.1, 0.15) is 6.23 Å². The number of aromatic nitrogens is 3. The fourth-order valence-corrected chi connectivity index (χ4v) is 2.50. The topological polar surface area (TPSA) is 104 Å². The number of aromatic amines is 1. The molecule has 3 rings (SSSR count).